The lowest BCUT2D eigenvalue weighted by Gasteiger charge is -2.18. The van der Waals surface area contributed by atoms with E-state index in [2.05, 4.69) is 32.1 Å². The van der Waals surface area contributed by atoms with Crippen LogP contribution in [-0.4, -0.2) is 47.8 Å². The molecule has 0 radical (unpaired) electrons. The molecule has 0 amide bonds. The summed E-state index contributed by atoms with van der Waals surface area (Å²) in [6.45, 7) is 4.66. The number of nitrogens with one attached hydrogen (secondary N) is 1. The second kappa shape index (κ2) is 6.86. The standard InChI is InChI=1S/C12H20ClN5O/c1-3-9(8-19-2)14-11-15-10(13)16-12(17-11)18-6-4-5-7-18/h9H,3-8H2,1-2H3,(H,14,15,16,17). The zero-order valence-corrected chi connectivity index (χ0v) is 12.2. The van der Waals surface area contributed by atoms with Gasteiger partial charge in [0.1, 0.15) is 0 Å². The van der Waals surface area contributed by atoms with Gasteiger partial charge in [0.15, 0.2) is 0 Å². The lowest BCUT2D eigenvalue weighted by atomic mass is 10.2. The molecule has 0 aromatic carbocycles. The minimum Gasteiger partial charge on any atom is -0.383 e. The van der Waals surface area contributed by atoms with E-state index in [0.29, 0.717) is 18.5 Å². The van der Waals surface area contributed by atoms with E-state index in [-0.39, 0.29) is 11.3 Å². The van der Waals surface area contributed by atoms with Crippen LogP contribution in [0.25, 0.3) is 0 Å². The fraction of sp³-hybridized carbons (Fsp3) is 0.750. The molecule has 6 nitrogen and oxygen atoms in total. The molecule has 19 heavy (non-hydrogen) atoms. The number of hydrogen-bond donors (Lipinski definition) is 1. The maximum Gasteiger partial charge on any atom is 0.231 e. The van der Waals surface area contributed by atoms with Gasteiger partial charge in [-0.25, -0.2) is 0 Å². The zero-order chi connectivity index (χ0) is 13.7. The molecule has 0 spiro atoms. The summed E-state index contributed by atoms with van der Waals surface area (Å²) in [4.78, 5) is 14.9. The van der Waals surface area contributed by atoms with Crippen LogP contribution in [0.3, 0.4) is 0 Å². The Hall–Kier alpha value is -1.14. The highest BCUT2D eigenvalue weighted by Crippen LogP contribution is 2.19. The second-order valence-electron chi connectivity index (χ2n) is 4.63. The lowest BCUT2D eigenvalue weighted by molar-refractivity contribution is 0.184. The number of hydrogen-bond acceptors (Lipinski definition) is 6. The molecule has 1 aromatic heterocycles. The Morgan fingerprint density at radius 1 is 1.32 bits per heavy atom. The predicted octanol–water partition coefficient (Wildman–Crippen LogP) is 1.96. The van der Waals surface area contributed by atoms with Crippen LogP contribution in [0.5, 0.6) is 0 Å². The van der Waals surface area contributed by atoms with Crippen LogP contribution in [0.4, 0.5) is 11.9 Å². The van der Waals surface area contributed by atoms with E-state index in [1.165, 1.54) is 12.8 Å². The molecule has 1 fully saturated rings. The van der Waals surface area contributed by atoms with Gasteiger partial charge in [-0.15, -0.1) is 0 Å². The highest BCUT2D eigenvalue weighted by molar-refractivity contribution is 6.28. The van der Waals surface area contributed by atoms with Crippen LogP contribution in [0.15, 0.2) is 0 Å². The highest BCUT2D eigenvalue weighted by atomic mass is 35.5. The molecule has 1 unspecified atom stereocenters. The zero-order valence-electron chi connectivity index (χ0n) is 11.4. The third-order valence-corrected chi connectivity index (χ3v) is 3.35. The topological polar surface area (TPSA) is 63.2 Å². The second-order valence-corrected chi connectivity index (χ2v) is 4.97. The first kappa shape index (κ1) is 14.3. The van der Waals surface area contributed by atoms with Crippen molar-refractivity contribution in [3.05, 3.63) is 5.28 Å². The van der Waals surface area contributed by atoms with Gasteiger partial charge in [0.05, 0.1) is 12.6 Å². The maximum absolute atomic E-state index is 5.97. The van der Waals surface area contributed by atoms with Gasteiger partial charge in [0, 0.05) is 20.2 Å². The number of rotatable bonds is 6. The molecule has 2 heterocycles. The Balaban J connectivity index is 2.11. The Morgan fingerprint density at radius 3 is 2.68 bits per heavy atom. The number of ether oxygens (including phenoxy) is 1. The summed E-state index contributed by atoms with van der Waals surface area (Å²) in [6, 6.07) is 0.176. The van der Waals surface area contributed by atoms with Crippen LogP contribution >= 0.6 is 11.6 Å². The fourth-order valence-corrected chi connectivity index (χ4v) is 2.26. The third kappa shape index (κ3) is 3.91. The molecule has 0 saturated carbocycles. The van der Waals surface area contributed by atoms with Gasteiger partial charge < -0.3 is 15.0 Å². The van der Waals surface area contributed by atoms with Gasteiger partial charge in [-0.05, 0) is 30.9 Å². The van der Waals surface area contributed by atoms with E-state index in [4.69, 9.17) is 16.3 Å². The van der Waals surface area contributed by atoms with Crippen molar-refractivity contribution in [2.75, 3.05) is 37.0 Å². The Bertz CT molecular complexity index is 411. The Labute approximate surface area is 118 Å². The molecule has 2 rings (SSSR count). The van der Waals surface area contributed by atoms with E-state index in [1.807, 2.05) is 0 Å². The molecule has 106 valence electrons. The molecule has 1 N–H and O–H groups in total. The van der Waals surface area contributed by atoms with E-state index in [1.54, 1.807) is 7.11 Å². The molecule has 1 saturated heterocycles. The van der Waals surface area contributed by atoms with E-state index < -0.39 is 0 Å². The molecule has 1 atom stereocenters. The quantitative estimate of drug-likeness (QED) is 0.862. The van der Waals surface area contributed by atoms with Crippen molar-refractivity contribution in [3.63, 3.8) is 0 Å². The molecule has 7 heteroatoms. The minimum absolute atomic E-state index is 0.176. The fourth-order valence-electron chi connectivity index (χ4n) is 2.11. The summed E-state index contributed by atoms with van der Waals surface area (Å²) in [7, 11) is 1.68. The van der Waals surface area contributed by atoms with Crippen molar-refractivity contribution in [2.45, 2.75) is 32.2 Å². The minimum atomic E-state index is 0.176. The smallest absolute Gasteiger partial charge is 0.231 e. The van der Waals surface area contributed by atoms with E-state index in [0.717, 1.165) is 19.5 Å². The SMILES string of the molecule is CCC(COC)Nc1nc(Cl)nc(N2CCCC2)n1. The van der Waals surface area contributed by atoms with Gasteiger partial charge in [0.2, 0.25) is 17.2 Å². The summed E-state index contributed by atoms with van der Waals surface area (Å²) in [5.41, 5.74) is 0. The van der Waals surface area contributed by atoms with Crippen molar-refractivity contribution in [1.29, 1.82) is 0 Å². The van der Waals surface area contributed by atoms with Gasteiger partial charge >= 0.3 is 0 Å². The summed E-state index contributed by atoms with van der Waals surface area (Å²) in [5, 5.41) is 3.46. The Morgan fingerprint density at radius 2 is 2.05 bits per heavy atom. The van der Waals surface area contributed by atoms with Gasteiger partial charge in [-0.1, -0.05) is 6.92 Å². The van der Waals surface area contributed by atoms with Crippen LogP contribution in [0.2, 0.25) is 5.28 Å². The molecular weight excluding hydrogens is 266 g/mol. The predicted molar refractivity (Wildman–Crippen MR) is 75.9 cm³/mol. The molecule has 0 aliphatic carbocycles. The first-order valence-electron chi connectivity index (χ1n) is 6.65. The van der Waals surface area contributed by atoms with Gasteiger partial charge in [0.25, 0.3) is 0 Å². The molecule has 0 bridgehead atoms. The number of nitrogens with zero attached hydrogens (tertiary/aromatic N) is 4. The van der Waals surface area contributed by atoms with Gasteiger partial charge in [-0.3, -0.25) is 0 Å². The monoisotopic (exact) mass is 285 g/mol. The van der Waals surface area contributed by atoms with Crippen LogP contribution in [-0.2, 0) is 4.74 Å². The van der Waals surface area contributed by atoms with Crippen molar-refractivity contribution in [2.24, 2.45) is 0 Å². The van der Waals surface area contributed by atoms with Crippen LogP contribution in [0, 0.1) is 0 Å². The number of methoxy groups -OCH3 is 1. The molecular formula is C12H20ClN5O. The Kier molecular flexibility index (Phi) is 5.15. The van der Waals surface area contributed by atoms with Crippen LogP contribution in [0.1, 0.15) is 26.2 Å². The van der Waals surface area contributed by atoms with E-state index in [9.17, 15) is 0 Å². The van der Waals surface area contributed by atoms with Crippen molar-refractivity contribution in [1.82, 2.24) is 15.0 Å². The van der Waals surface area contributed by atoms with Crippen LogP contribution < -0.4 is 10.2 Å². The van der Waals surface area contributed by atoms with Crippen molar-refractivity contribution < 1.29 is 4.74 Å². The molecule has 1 aromatic rings. The van der Waals surface area contributed by atoms with E-state index >= 15 is 0 Å². The van der Waals surface area contributed by atoms with Crippen molar-refractivity contribution >= 4 is 23.5 Å². The normalized spacial score (nSPS) is 16.7. The maximum atomic E-state index is 5.97. The number of aromatic nitrogens is 3. The summed E-state index contributed by atoms with van der Waals surface area (Å²) in [6.07, 6.45) is 3.27. The molecule has 1 aliphatic rings. The lowest BCUT2D eigenvalue weighted by Crippen LogP contribution is -2.27. The average Bonchev–Trinajstić information content (AvgIpc) is 2.91. The first-order valence-corrected chi connectivity index (χ1v) is 7.02. The summed E-state index contributed by atoms with van der Waals surface area (Å²) < 4.78 is 5.15. The molecule has 1 aliphatic heterocycles. The summed E-state index contributed by atoms with van der Waals surface area (Å²) >= 11 is 5.97. The number of anilines is 2. The third-order valence-electron chi connectivity index (χ3n) is 3.18. The van der Waals surface area contributed by atoms with Gasteiger partial charge in [-0.2, -0.15) is 15.0 Å². The van der Waals surface area contributed by atoms with Crippen molar-refractivity contribution in [3.8, 4) is 0 Å². The highest BCUT2D eigenvalue weighted by Gasteiger charge is 2.17. The summed E-state index contributed by atoms with van der Waals surface area (Å²) in [5.74, 6) is 1.18. The first-order chi connectivity index (χ1) is 9.22. The largest absolute Gasteiger partial charge is 0.383 e. The average molecular weight is 286 g/mol. The number of halogens is 1.